The lowest BCUT2D eigenvalue weighted by molar-refractivity contribution is -0.122. The summed E-state index contributed by atoms with van der Waals surface area (Å²) in [6.45, 7) is 5.38. The van der Waals surface area contributed by atoms with E-state index in [1.165, 1.54) is 0 Å². The summed E-state index contributed by atoms with van der Waals surface area (Å²) in [5, 5.41) is 13.9. The van der Waals surface area contributed by atoms with Crippen LogP contribution in [-0.4, -0.2) is 56.1 Å². The fourth-order valence-electron chi connectivity index (χ4n) is 4.34. The van der Waals surface area contributed by atoms with Gasteiger partial charge >= 0.3 is 0 Å². The number of nitrogens with one attached hydrogen (secondary N) is 2. The minimum Gasteiger partial charge on any atom is -0.472 e. The molecule has 5 rings (SSSR count). The number of hydrogen-bond acceptors (Lipinski definition) is 7. The zero-order chi connectivity index (χ0) is 23.8. The van der Waals surface area contributed by atoms with E-state index >= 15 is 0 Å². The molecule has 10 nitrogen and oxygen atoms in total. The van der Waals surface area contributed by atoms with E-state index in [1.54, 1.807) is 17.1 Å². The summed E-state index contributed by atoms with van der Waals surface area (Å²) in [5.74, 6) is 0.498. The van der Waals surface area contributed by atoms with Crippen molar-refractivity contribution >= 4 is 23.2 Å². The van der Waals surface area contributed by atoms with E-state index in [-0.39, 0.29) is 23.6 Å². The fraction of sp³-hybridized carbons (Fsp3) is 0.435. The normalized spacial score (nSPS) is 17.7. The number of hydrogen-bond donors (Lipinski definition) is 2. The van der Waals surface area contributed by atoms with E-state index in [2.05, 4.69) is 25.6 Å². The second-order valence-electron chi connectivity index (χ2n) is 8.80. The van der Waals surface area contributed by atoms with Crippen LogP contribution in [0.4, 0.5) is 5.69 Å². The summed E-state index contributed by atoms with van der Waals surface area (Å²) >= 11 is 6.15. The number of aryl methyl sites for hydroxylation is 1. The van der Waals surface area contributed by atoms with Crippen LogP contribution < -0.4 is 20.5 Å². The molecule has 1 amide bonds. The molecular formula is C23H26ClN7O3. The summed E-state index contributed by atoms with van der Waals surface area (Å²) in [7, 11) is 0. The van der Waals surface area contributed by atoms with E-state index in [0.29, 0.717) is 30.7 Å². The number of pyridine rings is 1. The van der Waals surface area contributed by atoms with Gasteiger partial charge in [-0.25, -0.2) is 10.1 Å². The molecule has 1 atom stereocenters. The van der Waals surface area contributed by atoms with Crippen molar-refractivity contribution in [3.05, 3.63) is 51.3 Å². The molecule has 3 aromatic heterocycles. The Morgan fingerprint density at radius 1 is 1.32 bits per heavy atom. The topological polar surface area (TPSA) is 118 Å². The molecule has 178 valence electrons. The van der Waals surface area contributed by atoms with Crippen molar-refractivity contribution in [3.63, 3.8) is 0 Å². The molecule has 11 heteroatoms. The number of H-pyrrole nitrogens is 1. The first-order valence-electron chi connectivity index (χ1n) is 11.3. The number of carbonyl (C=O) groups excluding carboxylic acids is 1. The summed E-state index contributed by atoms with van der Waals surface area (Å²) in [4.78, 5) is 30.4. The van der Waals surface area contributed by atoms with Crippen molar-refractivity contribution in [2.75, 3.05) is 18.0 Å². The number of carbonyl (C=O) groups is 1. The Labute approximate surface area is 201 Å². The number of halogens is 1. The Morgan fingerprint density at radius 2 is 2.15 bits per heavy atom. The summed E-state index contributed by atoms with van der Waals surface area (Å²) < 4.78 is 7.92. The zero-order valence-electron chi connectivity index (χ0n) is 19.0. The van der Waals surface area contributed by atoms with Gasteiger partial charge in [0.05, 0.1) is 24.1 Å². The molecule has 1 aliphatic carbocycles. The molecule has 0 aromatic carbocycles. The zero-order valence-corrected chi connectivity index (χ0v) is 19.8. The molecule has 1 saturated heterocycles. The molecular weight excluding hydrogens is 458 g/mol. The highest BCUT2D eigenvalue weighted by atomic mass is 35.5. The standard InChI is InChI=1S/C23H26ClN7O3/c1-13-21(14(2)31(29-13)12-19(32)27-16-3-4-16)15-5-7-25-20(9-15)34-17-6-8-30(11-17)18-10-26-28-23(33)22(18)24/h5,7,9-10,16-17H,3-4,6,8,11-12H2,1-2H3,(H,27,32)(H,28,33). The Balaban J connectivity index is 1.29. The van der Waals surface area contributed by atoms with E-state index < -0.39 is 5.56 Å². The number of aromatic amines is 1. The van der Waals surface area contributed by atoms with Crippen molar-refractivity contribution in [2.45, 2.75) is 51.8 Å². The first-order chi connectivity index (χ1) is 16.4. The van der Waals surface area contributed by atoms with Gasteiger partial charge in [0.1, 0.15) is 17.7 Å². The second-order valence-corrected chi connectivity index (χ2v) is 9.18. The smallest absolute Gasteiger partial charge is 0.285 e. The van der Waals surface area contributed by atoms with Crippen molar-refractivity contribution < 1.29 is 9.53 Å². The van der Waals surface area contributed by atoms with E-state index in [1.807, 2.05) is 30.9 Å². The monoisotopic (exact) mass is 483 g/mol. The Bertz CT molecular complexity index is 1280. The molecule has 0 bridgehead atoms. The van der Waals surface area contributed by atoms with Gasteiger partial charge < -0.3 is 15.0 Å². The largest absolute Gasteiger partial charge is 0.472 e. The van der Waals surface area contributed by atoms with Crippen molar-refractivity contribution in [1.29, 1.82) is 0 Å². The molecule has 0 spiro atoms. The molecule has 1 saturated carbocycles. The predicted molar refractivity (Wildman–Crippen MR) is 127 cm³/mol. The van der Waals surface area contributed by atoms with Gasteiger partial charge in [-0.3, -0.25) is 14.3 Å². The summed E-state index contributed by atoms with van der Waals surface area (Å²) in [6, 6.07) is 4.14. The molecule has 3 aromatic rings. The third-order valence-corrected chi connectivity index (χ3v) is 6.56. The highest BCUT2D eigenvalue weighted by molar-refractivity contribution is 6.33. The lowest BCUT2D eigenvalue weighted by Gasteiger charge is -2.19. The van der Waals surface area contributed by atoms with Crippen molar-refractivity contribution in [2.24, 2.45) is 0 Å². The van der Waals surface area contributed by atoms with E-state index in [9.17, 15) is 9.59 Å². The van der Waals surface area contributed by atoms with Gasteiger partial charge in [-0.15, -0.1) is 0 Å². The number of aromatic nitrogens is 5. The van der Waals surface area contributed by atoms with E-state index in [0.717, 1.165) is 41.8 Å². The van der Waals surface area contributed by atoms with E-state index in [4.69, 9.17) is 16.3 Å². The number of nitrogens with zero attached hydrogens (tertiary/aromatic N) is 5. The first-order valence-corrected chi connectivity index (χ1v) is 11.7. The van der Waals surface area contributed by atoms with Crippen LogP contribution in [0.25, 0.3) is 11.1 Å². The maximum absolute atomic E-state index is 12.3. The molecule has 1 aliphatic heterocycles. The van der Waals surface area contributed by atoms with Crippen LogP contribution in [0, 0.1) is 13.8 Å². The minimum absolute atomic E-state index is 0.0140. The molecule has 2 fully saturated rings. The van der Waals surface area contributed by atoms with Crippen LogP contribution in [0.2, 0.25) is 5.02 Å². The SMILES string of the molecule is Cc1nn(CC(=O)NC2CC2)c(C)c1-c1ccnc(OC2CCN(c3cn[nH]c(=O)c3Cl)C2)c1. The van der Waals surface area contributed by atoms with Gasteiger partial charge in [0.15, 0.2) is 0 Å². The predicted octanol–water partition coefficient (Wildman–Crippen LogP) is 2.23. The first kappa shape index (κ1) is 22.4. The lowest BCUT2D eigenvalue weighted by Crippen LogP contribution is -2.30. The molecule has 2 aliphatic rings. The Kier molecular flexibility index (Phi) is 5.99. The quantitative estimate of drug-likeness (QED) is 0.529. The van der Waals surface area contributed by atoms with Gasteiger partial charge in [-0.05, 0) is 38.3 Å². The Hall–Kier alpha value is -3.40. The van der Waals surface area contributed by atoms with Gasteiger partial charge in [-0.1, -0.05) is 11.6 Å². The van der Waals surface area contributed by atoms with Gasteiger partial charge in [0, 0.05) is 42.5 Å². The van der Waals surface area contributed by atoms with Crippen LogP contribution in [0.15, 0.2) is 29.3 Å². The number of rotatable bonds is 7. The fourth-order valence-corrected chi connectivity index (χ4v) is 4.55. The molecule has 4 heterocycles. The number of ether oxygens (including phenoxy) is 1. The van der Waals surface area contributed by atoms with Crippen molar-refractivity contribution in [1.82, 2.24) is 30.3 Å². The van der Waals surface area contributed by atoms with Gasteiger partial charge in [-0.2, -0.15) is 10.2 Å². The second kappa shape index (κ2) is 9.09. The van der Waals surface area contributed by atoms with Crippen LogP contribution in [0.5, 0.6) is 5.88 Å². The number of anilines is 1. The summed E-state index contributed by atoms with van der Waals surface area (Å²) in [6.07, 6.45) is 6.04. The van der Waals surface area contributed by atoms with Crippen molar-refractivity contribution in [3.8, 4) is 17.0 Å². The van der Waals surface area contributed by atoms with Crippen LogP contribution >= 0.6 is 11.6 Å². The van der Waals surface area contributed by atoms with Gasteiger partial charge in [0.25, 0.3) is 5.56 Å². The maximum atomic E-state index is 12.3. The maximum Gasteiger partial charge on any atom is 0.285 e. The third-order valence-electron chi connectivity index (χ3n) is 6.19. The Morgan fingerprint density at radius 3 is 2.94 bits per heavy atom. The lowest BCUT2D eigenvalue weighted by atomic mass is 10.1. The average Bonchev–Trinajstić information content (AvgIpc) is 3.42. The molecule has 34 heavy (non-hydrogen) atoms. The third kappa shape index (κ3) is 4.63. The van der Waals surface area contributed by atoms with Crippen LogP contribution in [0.3, 0.4) is 0 Å². The minimum atomic E-state index is -0.408. The molecule has 2 N–H and O–H groups in total. The van der Waals surface area contributed by atoms with Crippen LogP contribution in [-0.2, 0) is 11.3 Å². The molecule has 0 radical (unpaired) electrons. The molecule has 1 unspecified atom stereocenters. The highest BCUT2D eigenvalue weighted by Gasteiger charge is 2.27. The van der Waals surface area contributed by atoms with Gasteiger partial charge in [0.2, 0.25) is 11.8 Å². The average molecular weight is 484 g/mol. The summed E-state index contributed by atoms with van der Waals surface area (Å²) in [5.41, 5.74) is 3.87. The van der Waals surface area contributed by atoms with Crippen LogP contribution in [0.1, 0.15) is 30.7 Å². The number of amides is 1. The highest BCUT2D eigenvalue weighted by Crippen LogP contribution is 2.31.